The number of rotatable bonds is 5. The monoisotopic (exact) mass is 389 g/mol. The molecular weight excluding hydrogens is 365 g/mol. The molecule has 0 aliphatic heterocycles. The largest absolute Gasteiger partial charge is 0.497 e. The minimum atomic E-state index is 0. The number of guanidine groups is 1. The number of hydrogen-bond donors (Lipinski definition) is 2. The second-order valence-electron chi connectivity index (χ2n) is 5.27. The molecule has 0 radical (unpaired) electrons. The fourth-order valence-corrected chi connectivity index (χ4v) is 2.44. The molecule has 1 fully saturated rings. The van der Waals surface area contributed by atoms with Gasteiger partial charge in [-0.05, 0) is 36.8 Å². The summed E-state index contributed by atoms with van der Waals surface area (Å²) in [5.41, 5.74) is 7.24. The molecule has 1 aliphatic rings. The van der Waals surface area contributed by atoms with Crippen LogP contribution in [0.3, 0.4) is 0 Å². The highest BCUT2D eigenvalue weighted by molar-refractivity contribution is 14.0. The topological polar surface area (TPSA) is 59.6 Å². The first-order chi connectivity index (χ1) is 9.17. The Labute approximate surface area is 138 Å². The van der Waals surface area contributed by atoms with Crippen molar-refractivity contribution in [3.63, 3.8) is 0 Å². The number of aliphatic imine (C=N–C) groups is 1. The van der Waals surface area contributed by atoms with E-state index >= 15 is 0 Å². The lowest BCUT2D eigenvalue weighted by molar-refractivity contribution is 0.139. The average molecular weight is 389 g/mol. The van der Waals surface area contributed by atoms with Gasteiger partial charge in [-0.15, -0.1) is 24.0 Å². The number of nitrogens with one attached hydrogen (secondary N) is 1. The molecule has 4 nitrogen and oxygen atoms in total. The predicted molar refractivity (Wildman–Crippen MR) is 95.1 cm³/mol. The zero-order valence-corrected chi connectivity index (χ0v) is 14.5. The Hall–Kier alpha value is -0.980. The van der Waals surface area contributed by atoms with Gasteiger partial charge in [-0.25, -0.2) is 0 Å². The van der Waals surface area contributed by atoms with Crippen LogP contribution < -0.4 is 15.8 Å². The SMILES string of the molecule is CCC1(CN=C(N)Nc2cccc(OC)c2)CCC1.I. The van der Waals surface area contributed by atoms with Gasteiger partial charge < -0.3 is 15.8 Å². The van der Waals surface area contributed by atoms with Gasteiger partial charge in [-0.2, -0.15) is 0 Å². The highest BCUT2D eigenvalue weighted by Gasteiger charge is 2.34. The molecule has 1 aromatic carbocycles. The molecule has 20 heavy (non-hydrogen) atoms. The molecule has 0 amide bonds. The van der Waals surface area contributed by atoms with Crippen LogP contribution >= 0.6 is 24.0 Å². The number of nitrogens with zero attached hydrogens (tertiary/aromatic N) is 1. The maximum atomic E-state index is 5.94. The molecule has 112 valence electrons. The molecule has 0 heterocycles. The van der Waals surface area contributed by atoms with Crippen molar-refractivity contribution >= 4 is 35.6 Å². The van der Waals surface area contributed by atoms with Crippen molar-refractivity contribution in [3.05, 3.63) is 24.3 Å². The molecular formula is C15H24IN3O. The summed E-state index contributed by atoms with van der Waals surface area (Å²) < 4.78 is 5.17. The van der Waals surface area contributed by atoms with E-state index in [2.05, 4.69) is 17.2 Å². The molecule has 0 unspecified atom stereocenters. The van der Waals surface area contributed by atoms with Crippen LogP contribution in [0.2, 0.25) is 0 Å². The van der Waals surface area contributed by atoms with Crippen molar-refractivity contribution in [2.75, 3.05) is 19.0 Å². The summed E-state index contributed by atoms with van der Waals surface area (Å²) in [5.74, 6) is 1.29. The van der Waals surface area contributed by atoms with Gasteiger partial charge in [0, 0.05) is 18.3 Å². The second kappa shape index (κ2) is 7.71. The number of halogens is 1. The third-order valence-electron chi connectivity index (χ3n) is 4.09. The lowest BCUT2D eigenvalue weighted by Gasteiger charge is -2.40. The van der Waals surface area contributed by atoms with Crippen LogP contribution in [0.4, 0.5) is 5.69 Å². The van der Waals surface area contributed by atoms with Gasteiger partial charge in [0.15, 0.2) is 5.96 Å². The molecule has 1 aliphatic carbocycles. The van der Waals surface area contributed by atoms with Crippen LogP contribution in [0.15, 0.2) is 29.3 Å². The number of nitrogens with two attached hydrogens (primary N) is 1. The Bertz CT molecular complexity index is 453. The first-order valence-electron chi connectivity index (χ1n) is 6.88. The van der Waals surface area contributed by atoms with Crippen LogP contribution in [-0.4, -0.2) is 19.6 Å². The van der Waals surface area contributed by atoms with E-state index in [9.17, 15) is 0 Å². The first kappa shape index (κ1) is 17.1. The van der Waals surface area contributed by atoms with Crippen molar-refractivity contribution in [3.8, 4) is 5.75 Å². The highest BCUT2D eigenvalue weighted by atomic mass is 127. The summed E-state index contributed by atoms with van der Waals surface area (Å²) in [4.78, 5) is 4.48. The van der Waals surface area contributed by atoms with E-state index in [-0.39, 0.29) is 24.0 Å². The third kappa shape index (κ3) is 4.26. The van der Waals surface area contributed by atoms with Gasteiger partial charge in [-0.3, -0.25) is 4.99 Å². The van der Waals surface area contributed by atoms with Gasteiger partial charge >= 0.3 is 0 Å². The van der Waals surface area contributed by atoms with Crippen LogP contribution in [0, 0.1) is 5.41 Å². The molecule has 0 atom stereocenters. The molecule has 5 heteroatoms. The quantitative estimate of drug-likeness (QED) is 0.460. The van der Waals surface area contributed by atoms with E-state index in [0.29, 0.717) is 11.4 Å². The van der Waals surface area contributed by atoms with Gasteiger partial charge in [0.25, 0.3) is 0 Å². The number of ether oxygens (including phenoxy) is 1. The Morgan fingerprint density at radius 1 is 1.45 bits per heavy atom. The fraction of sp³-hybridized carbons (Fsp3) is 0.533. The van der Waals surface area contributed by atoms with E-state index in [1.54, 1.807) is 7.11 Å². The van der Waals surface area contributed by atoms with Crippen molar-refractivity contribution < 1.29 is 4.74 Å². The van der Waals surface area contributed by atoms with Gasteiger partial charge in [0.05, 0.1) is 7.11 Å². The normalized spacial score (nSPS) is 16.8. The van der Waals surface area contributed by atoms with E-state index in [4.69, 9.17) is 10.5 Å². The van der Waals surface area contributed by atoms with Crippen molar-refractivity contribution in [1.29, 1.82) is 0 Å². The van der Waals surface area contributed by atoms with Gasteiger partial charge in [0.1, 0.15) is 5.75 Å². The number of hydrogen-bond acceptors (Lipinski definition) is 2. The maximum Gasteiger partial charge on any atom is 0.193 e. The summed E-state index contributed by atoms with van der Waals surface area (Å²) in [6.07, 6.45) is 5.06. The molecule has 1 aromatic rings. The maximum absolute atomic E-state index is 5.94. The summed E-state index contributed by atoms with van der Waals surface area (Å²) >= 11 is 0. The van der Waals surface area contributed by atoms with Gasteiger partial charge in [0.2, 0.25) is 0 Å². The standard InChI is InChI=1S/C15H23N3O.HI/c1-3-15(8-5-9-15)11-17-14(16)18-12-6-4-7-13(10-12)19-2;/h4,6-7,10H,3,5,8-9,11H2,1-2H3,(H3,16,17,18);1H. The molecule has 0 saturated heterocycles. The zero-order valence-electron chi connectivity index (χ0n) is 12.2. The first-order valence-corrected chi connectivity index (χ1v) is 6.88. The van der Waals surface area contributed by atoms with Crippen molar-refractivity contribution in [1.82, 2.24) is 0 Å². The molecule has 0 aromatic heterocycles. The number of methoxy groups -OCH3 is 1. The fourth-order valence-electron chi connectivity index (χ4n) is 2.44. The van der Waals surface area contributed by atoms with E-state index < -0.39 is 0 Å². The summed E-state index contributed by atoms with van der Waals surface area (Å²) in [6.45, 7) is 3.06. The smallest absolute Gasteiger partial charge is 0.193 e. The lowest BCUT2D eigenvalue weighted by atomic mass is 9.67. The minimum Gasteiger partial charge on any atom is -0.497 e. The van der Waals surface area contributed by atoms with E-state index in [0.717, 1.165) is 18.0 Å². The zero-order chi connectivity index (χ0) is 13.7. The molecule has 2 rings (SSSR count). The Kier molecular flexibility index (Phi) is 6.58. The van der Waals surface area contributed by atoms with Crippen molar-refractivity contribution in [2.24, 2.45) is 16.1 Å². The summed E-state index contributed by atoms with van der Waals surface area (Å²) in [6, 6.07) is 7.68. The Balaban J connectivity index is 0.00000200. The molecule has 0 bridgehead atoms. The Morgan fingerprint density at radius 2 is 2.20 bits per heavy atom. The number of anilines is 1. The van der Waals surface area contributed by atoms with Crippen LogP contribution in [-0.2, 0) is 0 Å². The number of benzene rings is 1. The van der Waals surface area contributed by atoms with E-state index in [1.165, 1.54) is 25.7 Å². The Morgan fingerprint density at radius 3 is 2.75 bits per heavy atom. The van der Waals surface area contributed by atoms with Crippen LogP contribution in [0.1, 0.15) is 32.6 Å². The molecule has 3 N–H and O–H groups in total. The molecule has 1 saturated carbocycles. The van der Waals surface area contributed by atoms with Crippen LogP contribution in [0.25, 0.3) is 0 Å². The van der Waals surface area contributed by atoms with E-state index in [1.807, 2.05) is 24.3 Å². The van der Waals surface area contributed by atoms with Gasteiger partial charge in [-0.1, -0.05) is 19.4 Å². The third-order valence-corrected chi connectivity index (χ3v) is 4.09. The summed E-state index contributed by atoms with van der Waals surface area (Å²) in [5, 5.41) is 3.11. The highest BCUT2D eigenvalue weighted by Crippen LogP contribution is 2.43. The minimum absolute atomic E-state index is 0. The van der Waals surface area contributed by atoms with Crippen molar-refractivity contribution in [2.45, 2.75) is 32.6 Å². The predicted octanol–water partition coefficient (Wildman–Crippen LogP) is 3.62. The molecule has 0 spiro atoms. The lowest BCUT2D eigenvalue weighted by Crippen LogP contribution is -2.33. The average Bonchev–Trinajstić information content (AvgIpc) is 2.38. The second-order valence-corrected chi connectivity index (χ2v) is 5.27. The van der Waals surface area contributed by atoms with Crippen LogP contribution in [0.5, 0.6) is 5.75 Å². The summed E-state index contributed by atoms with van der Waals surface area (Å²) in [7, 11) is 1.65.